The van der Waals surface area contributed by atoms with E-state index in [1.807, 2.05) is 31.2 Å². The molecule has 0 atom stereocenters. The molecule has 0 aliphatic rings. The number of rotatable bonds is 5. The number of aryl methyl sites for hydroxylation is 1. The van der Waals surface area contributed by atoms with Crippen molar-refractivity contribution in [3.8, 4) is 16.3 Å². The number of benzene rings is 1. The van der Waals surface area contributed by atoms with Crippen LogP contribution in [-0.4, -0.2) is 16.7 Å². The summed E-state index contributed by atoms with van der Waals surface area (Å²) in [6, 6.07) is 7.91. The van der Waals surface area contributed by atoms with E-state index in [1.54, 1.807) is 11.3 Å². The molecule has 0 aliphatic heterocycles. The molecule has 0 amide bonds. The van der Waals surface area contributed by atoms with Gasteiger partial charge in [-0.3, -0.25) is 0 Å². The molecule has 1 aromatic carbocycles. The maximum absolute atomic E-state index is 9.29. The molecule has 0 saturated heterocycles. The maximum atomic E-state index is 9.29. The SMILES string of the molecule is CCOc1cccc(-c2nc(CC)c(CO)s2)c1. The van der Waals surface area contributed by atoms with Crippen molar-refractivity contribution in [2.75, 3.05) is 6.61 Å². The van der Waals surface area contributed by atoms with E-state index in [4.69, 9.17) is 4.74 Å². The van der Waals surface area contributed by atoms with Gasteiger partial charge in [-0.2, -0.15) is 0 Å². The molecule has 0 aliphatic carbocycles. The molecule has 96 valence electrons. The molecule has 0 unspecified atom stereocenters. The second kappa shape index (κ2) is 5.98. The van der Waals surface area contributed by atoms with Gasteiger partial charge in [-0.25, -0.2) is 4.98 Å². The van der Waals surface area contributed by atoms with Gasteiger partial charge < -0.3 is 9.84 Å². The number of thiazole rings is 1. The highest BCUT2D eigenvalue weighted by Gasteiger charge is 2.10. The van der Waals surface area contributed by atoms with Crippen molar-refractivity contribution < 1.29 is 9.84 Å². The summed E-state index contributed by atoms with van der Waals surface area (Å²) in [5.41, 5.74) is 2.03. The first-order valence-electron chi connectivity index (χ1n) is 6.11. The highest BCUT2D eigenvalue weighted by molar-refractivity contribution is 7.15. The van der Waals surface area contributed by atoms with Gasteiger partial charge in [0.15, 0.2) is 0 Å². The van der Waals surface area contributed by atoms with E-state index in [-0.39, 0.29) is 6.61 Å². The predicted octanol–water partition coefficient (Wildman–Crippen LogP) is 3.26. The van der Waals surface area contributed by atoms with Gasteiger partial charge in [0.05, 0.1) is 23.8 Å². The summed E-state index contributed by atoms with van der Waals surface area (Å²) in [4.78, 5) is 5.53. The third-order valence-electron chi connectivity index (χ3n) is 2.65. The van der Waals surface area contributed by atoms with Crippen LogP contribution in [0.15, 0.2) is 24.3 Å². The van der Waals surface area contributed by atoms with E-state index < -0.39 is 0 Å². The zero-order valence-corrected chi connectivity index (χ0v) is 11.5. The standard InChI is InChI=1S/C14H17NO2S/c1-3-12-13(9-16)18-14(15-12)10-6-5-7-11(8-10)17-4-2/h5-8,16H,3-4,9H2,1-2H3. The van der Waals surface area contributed by atoms with Crippen LogP contribution < -0.4 is 4.74 Å². The Kier molecular flexibility index (Phi) is 4.33. The second-order valence-electron chi connectivity index (χ2n) is 3.86. The first-order chi connectivity index (χ1) is 8.78. The lowest BCUT2D eigenvalue weighted by atomic mass is 10.2. The van der Waals surface area contributed by atoms with Gasteiger partial charge in [0, 0.05) is 5.56 Å². The normalized spacial score (nSPS) is 10.6. The minimum Gasteiger partial charge on any atom is -0.494 e. The Morgan fingerprint density at radius 3 is 2.78 bits per heavy atom. The Morgan fingerprint density at radius 2 is 2.17 bits per heavy atom. The van der Waals surface area contributed by atoms with Crippen molar-refractivity contribution in [1.82, 2.24) is 4.98 Å². The van der Waals surface area contributed by atoms with Gasteiger partial charge in [0.2, 0.25) is 0 Å². The van der Waals surface area contributed by atoms with Crippen molar-refractivity contribution in [3.05, 3.63) is 34.8 Å². The first kappa shape index (κ1) is 13.1. The third-order valence-corrected chi connectivity index (χ3v) is 3.78. The highest BCUT2D eigenvalue weighted by Crippen LogP contribution is 2.30. The summed E-state index contributed by atoms with van der Waals surface area (Å²) >= 11 is 1.55. The summed E-state index contributed by atoms with van der Waals surface area (Å²) in [7, 11) is 0. The Morgan fingerprint density at radius 1 is 1.33 bits per heavy atom. The summed E-state index contributed by atoms with van der Waals surface area (Å²) in [6.45, 7) is 4.74. The van der Waals surface area contributed by atoms with Crippen LogP contribution >= 0.6 is 11.3 Å². The molecular formula is C14H17NO2S. The summed E-state index contributed by atoms with van der Waals surface area (Å²) in [6.07, 6.45) is 0.845. The van der Waals surface area contributed by atoms with E-state index in [0.29, 0.717) is 6.61 Å². The smallest absolute Gasteiger partial charge is 0.124 e. The molecule has 1 heterocycles. The number of ether oxygens (including phenoxy) is 1. The fraction of sp³-hybridized carbons (Fsp3) is 0.357. The molecule has 3 nitrogen and oxygen atoms in total. The van der Waals surface area contributed by atoms with Crippen LogP contribution in [0.1, 0.15) is 24.4 Å². The summed E-state index contributed by atoms with van der Waals surface area (Å²) in [5, 5.41) is 10.2. The van der Waals surface area contributed by atoms with Gasteiger partial charge in [0.1, 0.15) is 10.8 Å². The Bertz CT molecular complexity index is 501. The molecule has 0 saturated carbocycles. The molecule has 1 aromatic heterocycles. The van der Waals surface area contributed by atoms with Crippen molar-refractivity contribution in [2.45, 2.75) is 26.9 Å². The average Bonchev–Trinajstić information content (AvgIpc) is 2.82. The van der Waals surface area contributed by atoms with E-state index in [1.165, 1.54) is 0 Å². The first-order valence-corrected chi connectivity index (χ1v) is 6.92. The van der Waals surface area contributed by atoms with E-state index in [9.17, 15) is 5.11 Å². The highest BCUT2D eigenvalue weighted by atomic mass is 32.1. The number of nitrogens with zero attached hydrogens (tertiary/aromatic N) is 1. The fourth-order valence-corrected chi connectivity index (χ4v) is 2.80. The van der Waals surface area contributed by atoms with Crippen LogP contribution in [0, 0.1) is 0 Å². The lowest BCUT2D eigenvalue weighted by Gasteiger charge is -2.03. The second-order valence-corrected chi connectivity index (χ2v) is 4.95. The fourth-order valence-electron chi connectivity index (χ4n) is 1.79. The number of hydrogen-bond acceptors (Lipinski definition) is 4. The monoisotopic (exact) mass is 263 g/mol. The maximum Gasteiger partial charge on any atom is 0.124 e. The molecule has 0 radical (unpaired) electrons. The predicted molar refractivity (Wildman–Crippen MR) is 74.0 cm³/mol. The number of aromatic nitrogens is 1. The molecule has 2 rings (SSSR count). The number of hydrogen-bond donors (Lipinski definition) is 1. The van der Waals surface area contributed by atoms with Crippen LogP contribution in [0.25, 0.3) is 10.6 Å². The lowest BCUT2D eigenvalue weighted by Crippen LogP contribution is -1.91. The number of aliphatic hydroxyl groups is 1. The number of aliphatic hydroxyl groups excluding tert-OH is 1. The molecular weight excluding hydrogens is 246 g/mol. The quantitative estimate of drug-likeness (QED) is 0.900. The van der Waals surface area contributed by atoms with Crippen LogP contribution in [0.4, 0.5) is 0 Å². The third kappa shape index (κ3) is 2.71. The molecule has 18 heavy (non-hydrogen) atoms. The van der Waals surface area contributed by atoms with Gasteiger partial charge in [-0.05, 0) is 25.5 Å². The Balaban J connectivity index is 2.35. The van der Waals surface area contributed by atoms with Gasteiger partial charge in [-0.15, -0.1) is 11.3 Å². The Labute approximate surface area is 111 Å². The largest absolute Gasteiger partial charge is 0.494 e. The van der Waals surface area contributed by atoms with Crippen LogP contribution in [0.2, 0.25) is 0 Å². The van der Waals surface area contributed by atoms with Crippen LogP contribution in [0.5, 0.6) is 5.75 Å². The molecule has 4 heteroatoms. The summed E-state index contributed by atoms with van der Waals surface area (Å²) < 4.78 is 5.49. The van der Waals surface area contributed by atoms with Crippen molar-refractivity contribution in [1.29, 1.82) is 0 Å². The topological polar surface area (TPSA) is 42.4 Å². The van der Waals surface area contributed by atoms with E-state index >= 15 is 0 Å². The molecule has 0 spiro atoms. The van der Waals surface area contributed by atoms with Crippen molar-refractivity contribution >= 4 is 11.3 Å². The minimum atomic E-state index is 0.0615. The molecule has 1 N–H and O–H groups in total. The Hall–Kier alpha value is -1.39. The van der Waals surface area contributed by atoms with Crippen LogP contribution in [0.3, 0.4) is 0 Å². The van der Waals surface area contributed by atoms with Crippen LogP contribution in [-0.2, 0) is 13.0 Å². The molecule has 0 bridgehead atoms. The van der Waals surface area contributed by atoms with Gasteiger partial charge >= 0.3 is 0 Å². The van der Waals surface area contributed by atoms with Gasteiger partial charge in [-0.1, -0.05) is 19.1 Å². The average molecular weight is 263 g/mol. The zero-order valence-electron chi connectivity index (χ0n) is 10.6. The molecule has 2 aromatic rings. The zero-order chi connectivity index (χ0) is 13.0. The summed E-state index contributed by atoms with van der Waals surface area (Å²) in [5.74, 6) is 0.855. The van der Waals surface area contributed by atoms with E-state index in [0.717, 1.165) is 33.3 Å². The van der Waals surface area contributed by atoms with Crippen molar-refractivity contribution in [2.24, 2.45) is 0 Å². The van der Waals surface area contributed by atoms with Gasteiger partial charge in [0.25, 0.3) is 0 Å². The molecule has 0 fully saturated rings. The van der Waals surface area contributed by atoms with E-state index in [2.05, 4.69) is 11.9 Å². The van der Waals surface area contributed by atoms with Crippen molar-refractivity contribution in [3.63, 3.8) is 0 Å². The minimum absolute atomic E-state index is 0.0615. The lowest BCUT2D eigenvalue weighted by molar-refractivity contribution is 0.284.